The molecule has 0 aliphatic heterocycles. The van der Waals surface area contributed by atoms with Crippen LogP contribution in [0.5, 0.6) is 0 Å². The molecule has 2 fully saturated rings. The van der Waals surface area contributed by atoms with E-state index in [9.17, 15) is 15.0 Å². The molecule has 0 radical (unpaired) electrons. The van der Waals surface area contributed by atoms with Gasteiger partial charge in [-0.2, -0.15) is 0 Å². The summed E-state index contributed by atoms with van der Waals surface area (Å²) in [4.78, 5) is 14.0. The number of allylic oxidation sites excluding steroid dienone is 2. The van der Waals surface area contributed by atoms with Crippen LogP contribution in [0.4, 0.5) is 0 Å². The Kier molecular flexibility index (Phi) is 8.37. The highest BCUT2D eigenvalue weighted by Crippen LogP contribution is 2.48. The monoisotopic (exact) mass is 403 g/mol. The maximum Gasteiger partial charge on any atom is 0.222 e. The van der Waals surface area contributed by atoms with Gasteiger partial charge in [-0.05, 0) is 76.5 Å². The van der Waals surface area contributed by atoms with Crippen molar-refractivity contribution >= 4 is 5.91 Å². The largest absolute Gasteiger partial charge is 0.392 e. The lowest BCUT2D eigenvalue weighted by molar-refractivity contribution is -0.130. The molecule has 4 heteroatoms. The molecule has 4 nitrogen and oxygen atoms in total. The van der Waals surface area contributed by atoms with Crippen LogP contribution in [0.15, 0.2) is 23.8 Å². The molecule has 3 aliphatic rings. The Bertz CT molecular complexity index is 589. The SMILES string of the molecule is CCN(CC)C(=O)CCCCC1=C[C@H]2C[C@@H](O)[C@H](/C=C/[C@@H](O)C3CCCC3)[C@H]2C1. The minimum absolute atomic E-state index is 0.175. The quantitative estimate of drug-likeness (QED) is 0.418. The Morgan fingerprint density at radius 1 is 1.24 bits per heavy atom. The molecule has 0 heterocycles. The van der Waals surface area contributed by atoms with Crippen molar-refractivity contribution in [3.8, 4) is 0 Å². The van der Waals surface area contributed by atoms with E-state index in [0.29, 0.717) is 24.2 Å². The Morgan fingerprint density at radius 2 is 1.97 bits per heavy atom. The normalized spacial score (nSPS) is 30.7. The highest BCUT2D eigenvalue weighted by Gasteiger charge is 2.43. The van der Waals surface area contributed by atoms with E-state index >= 15 is 0 Å². The fourth-order valence-corrected chi connectivity index (χ4v) is 5.85. The van der Waals surface area contributed by atoms with Crippen molar-refractivity contribution in [1.82, 2.24) is 4.90 Å². The van der Waals surface area contributed by atoms with E-state index in [1.165, 1.54) is 18.4 Å². The minimum atomic E-state index is -0.346. The van der Waals surface area contributed by atoms with Gasteiger partial charge in [0.1, 0.15) is 0 Å². The molecular formula is C25H41NO3. The van der Waals surface area contributed by atoms with Gasteiger partial charge in [0.15, 0.2) is 0 Å². The van der Waals surface area contributed by atoms with Crippen molar-refractivity contribution in [2.45, 2.75) is 90.3 Å². The van der Waals surface area contributed by atoms with Gasteiger partial charge in [-0.15, -0.1) is 0 Å². The van der Waals surface area contributed by atoms with Gasteiger partial charge in [-0.1, -0.05) is 36.6 Å². The second kappa shape index (κ2) is 10.8. The molecule has 0 spiro atoms. The van der Waals surface area contributed by atoms with Crippen molar-refractivity contribution in [1.29, 1.82) is 0 Å². The number of carbonyl (C=O) groups is 1. The van der Waals surface area contributed by atoms with Gasteiger partial charge in [0.05, 0.1) is 12.2 Å². The predicted molar refractivity (Wildman–Crippen MR) is 117 cm³/mol. The summed E-state index contributed by atoms with van der Waals surface area (Å²) >= 11 is 0. The first-order valence-electron chi connectivity index (χ1n) is 12.0. The van der Waals surface area contributed by atoms with Crippen LogP contribution in [0.25, 0.3) is 0 Å². The molecule has 3 aliphatic carbocycles. The molecule has 5 atom stereocenters. The van der Waals surface area contributed by atoms with Gasteiger partial charge in [0, 0.05) is 25.4 Å². The smallest absolute Gasteiger partial charge is 0.222 e. The minimum Gasteiger partial charge on any atom is -0.392 e. The van der Waals surface area contributed by atoms with Gasteiger partial charge in [0.25, 0.3) is 0 Å². The van der Waals surface area contributed by atoms with Crippen LogP contribution in [0.2, 0.25) is 0 Å². The molecule has 0 aromatic heterocycles. The first kappa shape index (κ1) is 22.6. The van der Waals surface area contributed by atoms with Gasteiger partial charge in [0.2, 0.25) is 5.91 Å². The van der Waals surface area contributed by atoms with Gasteiger partial charge < -0.3 is 15.1 Å². The van der Waals surface area contributed by atoms with E-state index in [2.05, 4.69) is 12.2 Å². The number of hydrogen-bond acceptors (Lipinski definition) is 3. The van der Waals surface area contributed by atoms with Crippen LogP contribution in [0.1, 0.15) is 78.1 Å². The predicted octanol–water partition coefficient (Wildman–Crippen LogP) is 4.47. The zero-order valence-corrected chi connectivity index (χ0v) is 18.4. The van der Waals surface area contributed by atoms with Crippen LogP contribution < -0.4 is 0 Å². The van der Waals surface area contributed by atoms with Crippen LogP contribution in [-0.4, -0.2) is 46.3 Å². The van der Waals surface area contributed by atoms with Crippen molar-refractivity contribution < 1.29 is 15.0 Å². The molecule has 0 aromatic rings. The molecule has 2 saturated carbocycles. The molecule has 0 unspecified atom stereocenters. The van der Waals surface area contributed by atoms with Crippen LogP contribution in [-0.2, 0) is 4.79 Å². The molecule has 1 amide bonds. The maximum atomic E-state index is 12.1. The second-order valence-electron chi connectivity index (χ2n) is 9.43. The third kappa shape index (κ3) is 5.73. The molecule has 0 aromatic carbocycles. The lowest BCUT2D eigenvalue weighted by atomic mass is 9.88. The number of nitrogens with zero attached hydrogens (tertiary/aromatic N) is 1. The molecule has 3 rings (SSSR count). The van der Waals surface area contributed by atoms with Crippen molar-refractivity contribution in [2.75, 3.05) is 13.1 Å². The number of aliphatic hydroxyl groups excluding tert-OH is 2. The highest BCUT2D eigenvalue weighted by atomic mass is 16.3. The zero-order valence-electron chi connectivity index (χ0n) is 18.4. The first-order chi connectivity index (χ1) is 14.0. The number of hydrogen-bond donors (Lipinski definition) is 2. The topological polar surface area (TPSA) is 60.8 Å². The van der Waals surface area contributed by atoms with Gasteiger partial charge in [-0.3, -0.25) is 4.79 Å². The Morgan fingerprint density at radius 3 is 2.66 bits per heavy atom. The summed E-state index contributed by atoms with van der Waals surface area (Å²) in [5.74, 6) is 1.84. The number of fused-ring (bicyclic) bond motifs is 1. The van der Waals surface area contributed by atoms with Crippen molar-refractivity contribution in [2.24, 2.45) is 23.7 Å². The first-order valence-corrected chi connectivity index (χ1v) is 12.0. The van der Waals surface area contributed by atoms with E-state index in [4.69, 9.17) is 0 Å². The number of aliphatic hydroxyl groups is 2. The Balaban J connectivity index is 1.43. The molecule has 0 bridgehead atoms. The summed E-state index contributed by atoms with van der Waals surface area (Å²) in [5, 5.41) is 21.0. The summed E-state index contributed by atoms with van der Waals surface area (Å²) in [5.41, 5.74) is 1.51. The summed E-state index contributed by atoms with van der Waals surface area (Å²) in [6.45, 7) is 5.68. The summed E-state index contributed by atoms with van der Waals surface area (Å²) in [6.07, 6.45) is 16.3. The summed E-state index contributed by atoms with van der Waals surface area (Å²) in [7, 11) is 0. The average Bonchev–Trinajstić information content (AvgIpc) is 3.42. The third-order valence-corrected chi connectivity index (χ3v) is 7.62. The molecule has 2 N–H and O–H groups in total. The molecule has 164 valence electrons. The molecular weight excluding hydrogens is 362 g/mol. The fraction of sp³-hybridized carbons (Fsp3) is 0.800. The van der Waals surface area contributed by atoms with E-state index < -0.39 is 0 Å². The fourth-order valence-electron chi connectivity index (χ4n) is 5.85. The van der Waals surface area contributed by atoms with E-state index in [1.54, 1.807) is 0 Å². The highest BCUT2D eigenvalue weighted by molar-refractivity contribution is 5.76. The zero-order chi connectivity index (χ0) is 20.8. The summed E-state index contributed by atoms with van der Waals surface area (Å²) < 4.78 is 0. The number of amides is 1. The van der Waals surface area contributed by atoms with Crippen LogP contribution >= 0.6 is 0 Å². The summed E-state index contributed by atoms with van der Waals surface area (Å²) in [6, 6.07) is 0. The molecule has 0 saturated heterocycles. The average molecular weight is 404 g/mol. The van der Waals surface area contributed by atoms with E-state index in [-0.39, 0.29) is 24.0 Å². The third-order valence-electron chi connectivity index (χ3n) is 7.62. The van der Waals surface area contributed by atoms with Gasteiger partial charge >= 0.3 is 0 Å². The maximum absolute atomic E-state index is 12.1. The molecule has 29 heavy (non-hydrogen) atoms. The van der Waals surface area contributed by atoms with E-state index in [1.807, 2.05) is 24.8 Å². The number of carbonyl (C=O) groups excluding carboxylic acids is 1. The number of unbranched alkanes of at least 4 members (excludes halogenated alkanes) is 1. The van der Waals surface area contributed by atoms with Crippen molar-refractivity contribution in [3.63, 3.8) is 0 Å². The number of rotatable bonds is 10. The standard InChI is InChI=1S/C25H41NO3/c1-3-26(4-2)25(29)12-8-5-9-18-15-20-17-24(28)21(22(20)16-18)13-14-23(27)19-10-6-7-11-19/h13-15,19-24,27-28H,3-12,16-17H2,1-2H3/b14-13+/t20-,21+,22-,23+,24+/m0/s1. The lowest BCUT2D eigenvalue weighted by Gasteiger charge is -2.20. The Labute approximate surface area is 177 Å². The Hall–Kier alpha value is -1.13. The second-order valence-corrected chi connectivity index (χ2v) is 9.43. The van der Waals surface area contributed by atoms with E-state index in [0.717, 1.165) is 58.0 Å². The van der Waals surface area contributed by atoms with Crippen molar-refractivity contribution in [3.05, 3.63) is 23.8 Å². The van der Waals surface area contributed by atoms with Crippen LogP contribution in [0.3, 0.4) is 0 Å². The van der Waals surface area contributed by atoms with Crippen LogP contribution in [0, 0.1) is 23.7 Å². The lowest BCUT2D eigenvalue weighted by Crippen LogP contribution is -2.30. The van der Waals surface area contributed by atoms with Gasteiger partial charge in [-0.25, -0.2) is 0 Å².